The van der Waals surface area contributed by atoms with Crippen molar-refractivity contribution in [2.45, 2.75) is 40.3 Å². The molecule has 2 heterocycles. The van der Waals surface area contributed by atoms with Gasteiger partial charge in [-0.15, -0.1) is 0 Å². The van der Waals surface area contributed by atoms with Gasteiger partial charge in [-0.1, -0.05) is 6.07 Å². The third-order valence-corrected chi connectivity index (χ3v) is 4.85. The van der Waals surface area contributed by atoms with Gasteiger partial charge in [0.05, 0.1) is 4.92 Å². The fourth-order valence-electron chi connectivity index (χ4n) is 3.30. The molecule has 162 valence electrons. The normalized spacial score (nSPS) is 11.7. The molecule has 2 N–H and O–H groups in total. The third kappa shape index (κ3) is 4.44. The van der Waals surface area contributed by atoms with Gasteiger partial charge in [0.25, 0.3) is 5.91 Å². The number of anilines is 2. The minimum absolute atomic E-state index is 0.101. The highest BCUT2D eigenvalue weighted by Crippen LogP contribution is 2.25. The molecule has 2 amide bonds. The van der Waals surface area contributed by atoms with Gasteiger partial charge in [0.1, 0.15) is 23.1 Å². The lowest BCUT2D eigenvalue weighted by molar-refractivity contribution is -0.386. The van der Waals surface area contributed by atoms with Crippen molar-refractivity contribution in [1.29, 1.82) is 0 Å². The molecule has 0 radical (unpaired) electrons. The molecule has 0 spiro atoms. The van der Waals surface area contributed by atoms with Gasteiger partial charge in [-0.25, -0.2) is 0 Å². The quantitative estimate of drug-likeness (QED) is 0.441. The highest BCUT2D eigenvalue weighted by Gasteiger charge is 2.27. The van der Waals surface area contributed by atoms with Crippen molar-refractivity contribution in [2.24, 2.45) is 0 Å². The molecule has 3 aromatic rings. The Morgan fingerprint density at radius 1 is 1.19 bits per heavy atom. The number of nitrogens with zero attached hydrogens (tertiary/aromatic N) is 5. The summed E-state index contributed by atoms with van der Waals surface area (Å²) >= 11 is 0. The summed E-state index contributed by atoms with van der Waals surface area (Å²) in [6.07, 6.45) is 1.56. The van der Waals surface area contributed by atoms with E-state index in [1.165, 1.54) is 11.6 Å². The lowest BCUT2D eigenvalue weighted by Crippen LogP contribution is -2.25. The zero-order chi connectivity index (χ0) is 22.7. The number of nitro groups is 1. The second kappa shape index (κ2) is 8.78. The molecule has 2 aromatic heterocycles. The first kappa shape index (κ1) is 21.7. The minimum Gasteiger partial charge on any atom is -0.324 e. The first-order chi connectivity index (χ1) is 14.7. The molecule has 0 aliphatic carbocycles. The number of aryl methyl sites for hydroxylation is 2. The van der Waals surface area contributed by atoms with Crippen molar-refractivity contribution in [3.8, 4) is 0 Å². The van der Waals surface area contributed by atoms with E-state index in [4.69, 9.17) is 0 Å². The molecule has 11 nitrogen and oxygen atoms in total. The van der Waals surface area contributed by atoms with Crippen LogP contribution >= 0.6 is 0 Å². The average Bonchev–Trinajstić information content (AvgIpc) is 3.31. The van der Waals surface area contributed by atoms with Crippen LogP contribution in [0.25, 0.3) is 0 Å². The van der Waals surface area contributed by atoms with Crippen molar-refractivity contribution in [1.82, 2.24) is 19.6 Å². The molecule has 31 heavy (non-hydrogen) atoms. The van der Waals surface area contributed by atoms with Gasteiger partial charge in [-0.2, -0.15) is 10.2 Å². The summed E-state index contributed by atoms with van der Waals surface area (Å²) in [4.78, 5) is 35.9. The van der Waals surface area contributed by atoms with E-state index < -0.39 is 16.9 Å². The van der Waals surface area contributed by atoms with Gasteiger partial charge < -0.3 is 10.6 Å². The number of nitrogens with one attached hydrogen (secondary N) is 2. The number of rotatable bonds is 7. The SMILES string of the molecule is CCn1nccc1C(=O)Nc1cccc(NC(=O)C(C)n2nc(C)c([N+](=O)[O-])c2C)c1. The average molecular weight is 425 g/mol. The van der Waals surface area contributed by atoms with Crippen LogP contribution in [0, 0.1) is 24.0 Å². The molecule has 0 aliphatic rings. The Morgan fingerprint density at radius 2 is 1.87 bits per heavy atom. The number of aromatic nitrogens is 4. The molecule has 0 aliphatic heterocycles. The van der Waals surface area contributed by atoms with Crippen molar-refractivity contribution in [2.75, 3.05) is 10.6 Å². The lowest BCUT2D eigenvalue weighted by Gasteiger charge is -2.15. The van der Waals surface area contributed by atoms with E-state index in [-0.39, 0.29) is 17.3 Å². The van der Waals surface area contributed by atoms with Crippen LogP contribution in [0.2, 0.25) is 0 Å². The van der Waals surface area contributed by atoms with E-state index >= 15 is 0 Å². The number of benzene rings is 1. The molecule has 0 saturated carbocycles. The third-order valence-electron chi connectivity index (χ3n) is 4.85. The maximum atomic E-state index is 12.7. The van der Waals surface area contributed by atoms with Gasteiger partial charge >= 0.3 is 5.69 Å². The second-order valence-corrected chi connectivity index (χ2v) is 6.95. The summed E-state index contributed by atoms with van der Waals surface area (Å²) < 4.78 is 2.91. The van der Waals surface area contributed by atoms with E-state index in [2.05, 4.69) is 20.8 Å². The number of carbonyl (C=O) groups is 2. The fraction of sp³-hybridized carbons (Fsp3) is 0.300. The Hall–Kier alpha value is -4.02. The van der Waals surface area contributed by atoms with Gasteiger partial charge in [0.15, 0.2) is 0 Å². The van der Waals surface area contributed by atoms with Crippen molar-refractivity contribution in [3.05, 3.63) is 63.7 Å². The van der Waals surface area contributed by atoms with Gasteiger partial charge in [-0.05, 0) is 52.0 Å². The number of hydrogen-bond donors (Lipinski definition) is 2. The molecule has 0 bridgehead atoms. The molecular formula is C20H23N7O4. The summed E-state index contributed by atoms with van der Waals surface area (Å²) in [5.41, 5.74) is 1.85. The standard InChI is InChI=1S/C20H23N7O4/c1-5-25-17(9-10-21-25)20(29)23-16-8-6-7-15(11-16)22-19(28)14(4)26-13(3)18(27(30)31)12(2)24-26/h6-11,14H,5H2,1-4H3,(H,22,28)(H,23,29). The predicted octanol–water partition coefficient (Wildman–Crippen LogP) is 3.08. The summed E-state index contributed by atoms with van der Waals surface area (Å²) in [6.45, 7) is 7.14. The summed E-state index contributed by atoms with van der Waals surface area (Å²) in [5.74, 6) is -0.709. The van der Waals surface area contributed by atoms with Crippen LogP contribution in [0.5, 0.6) is 0 Å². The first-order valence-corrected chi connectivity index (χ1v) is 9.67. The van der Waals surface area contributed by atoms with E-state index in [0.29, 0.717) is 29.3 Å². The predicted molar refractivity (Wildman–Crippen MR) is 114 cm³/mol. The number of carbonyl (C=O) groups excluding carboxylic acids is 2. The van der Waals surface area contributed by atoms with Crippen LogP contribution in [-0.2, 0) is 11.3 Å². The van der Waals surface area contributed by atoms with Crippen molar-refractivity contribution in [3.63, 3.8) is 0 Å². The molecule has 11 heteroatoms. The zero-order valence-corrected chi connectivity index (χ0v) is 17.6. The maximum Gasteiger partial charge on any atom is 0.312 e. The van der Waals surface area contributed by atoms with Crippen LogP contribution in [0.15, 0.2) is 36.5 Å². The minimum atomic E-state index is -0.774. The summed E-state index contributed by atoms with van der Waals surface area (Å²) in [7, 11) is 0. The first-order valence-electron chi connectivity index (χ1n) is 9.67. The molecule has 1 aromatic carbocycles. The van der Waals surface area contributed by atoms with Crippen LogP contribution in [-0.4, -0.2) is 36.3 Å². The van der Waals surface area contributed by atoms with Crippen LogP contribution in [0.3, 0.4) is 0 Å². The van der Waals surface area contributed by atoms with Gasteiger partial charge in [0, 0.05) is 24.1 Å². The second-order valence-electron chi connectivity index (χ2n) is 6.95. The molecule has 0 saturated heterocycles. The molecular weight excluding hydrogens is 402 g/mol. The Balaban J connectivity index is 1.73. The van der Waals surface area contributed by atoms with Crippen LogP contribution in [0.1, 0.15) is 41.8 Å². The molecule has 3 rings (SSSR count). The van der Waals surface area contributed by atoms with Gasteiger partial charge in [-0.3, -0.25) is 29.1 Å². The lowest BCUT2D eigenvalue weighted by atomic mass is 10.2. The Bertz CT molecular complexity index is 1150. The fourth-order valence-corrected chi connectivity index (χ4v) is 3.30. The van der Waals surface area contributed by atoms with E-state index in [1.807, 2.05) is 6.92 Å². The molecule has 0 fully saturated rings. The Kier molecular flexibility index (Phi) is 6.14. The van der Waals surface area contributed by atoms with Crippen molar-refractivity contribution >= 4 is 28.9 Å². The molecule has 1 unspecified atom stereocenters. The molecule has 1 atom stereocenters. The van der Waals surface area contributed by atoms with Crippen LogP contribution in [0.4, 0.5) is 17.1 Å². The summed E-state index contributed by atoms with van der Waals surface area (Å²) in [6, 6.07) is 7.55. The Labute approximate surface area is 178 Å². The number of hydrogen-bond acceptors (Lipinski definition) is 6. The van der Waals surface area contributed by atoms with E-state index in [1.54, 1.807) is 55.1 Å². The highest BCUT2D eigenvalue weighted by molar-refractivity contribution is 6.03. The smallest absolute Gasteiger partial charge is 0.312 e. The number of amides is 2. The van der Waals surface area contributed by atoms with E-state index in [0.717, 1.165) is 0 Å². The topological polar surface area (TPSA) is 137 Å². The van der Waals surface area contributed by atoms with Crippen LogP contribution < -0.4 is 10.6 Å². The monoisotopic (exact) mass is 425 g/mol. The summed E-state index contributed by atoms with van der Waals surface area (Å²) in [5, 5.41) is 25.0. The zero-order valence-electron chi connectivity index (χ0n) is 17.6. The maximum absolute atomic E-state index is 12.7. The van der Waals surface area contributed by atoms with Crippen molar-refractivity contribution < 1.29 is 14.5 Å². The largest absolute Gasteiger partial charge is 0.324 e. The van der Waals surface area contributed by atoms with Gasteiger partial charge in [0.2, 0.25) is 5.91 Å². The highest BCUT2D eigenvalue weighted by atomic mass is 16.6. The Morgan fingerprint density at radius 3 is 2.48 bits per heavy atom. The van der Waals surface area contributed by atoms with E-state index in [9.17, 15) is 19.7 Å².